The zero-order valence-corrected chi connectivity index (χ0v) is 9.85. The van der Waals surface area contributed by atoms with Crippen LogP contribution in [0, 0.1) is 0 Å². The summed E-state index contributed by atoms with van der Waals surface area (Å²) in [6.07, 6.45) is 5.22. The molecule has 0 fully saturated rings. The predicted octanol–water partition coefficient (Wildman–Crippen LogP) is 1.25. The van der Waals surface area contributed by atoms with Crippen LogP contribution in [0.3, 0.4) is 0 Å². The van der Waals surface area contributed by atoms with Crippen molar-refractivity contribution < 1.29 is 0 Å². The maximum Gasteiger partial charge on any atom is 0.231 e. The fourth-order valence-corrected chi connectivity index (χ4v) is 1.75. The van der Waals surface area contributed by atoms with Gasteiger partial charge in [-0.1, -0.05) is 12.1 Å². The fraction of sp³-hybridized carbons (Fsp3) is 0.0833. The Hall–Kier alpha value is -2.63. The number of imidazole rings is 1. The molecule has 6 nitrogen and oxygen atoms in total. The van der Waals surface area contributed by atoms with Gasteiger partial charge >= 0.3 is 0 Å². The first-order chi connectivity index (χ1) is 8.74. The highest BCUT2D eigenvalue weighted by molar-refractivity contribution is 5.60. The number of nitrogen functional groups attached to an aromatic ring is 1. The quantitative estimate of drug-likeness (QED) is 0.684. The van der Waals surface area contributed by atoms with Gasteiger partial charge < -0.3 is 10.3 Å². The lowest BCUT2D eigenvalue weighted by atomic mass is 10.2. The summed E-state index contributed by atoms with van der Waals surface area (Å²) < 4.78 is 3.51. The van der Waals surface area contributed by atoms with Crippen molar-refractivity contribution in [1.82, 2.24) is 24.3 Å². The normalized spacial score (nSPS) is 10.7. The first-order valence-corrected chi connectivity index (χ1v) is 5.49. The second-order valence-corrected chi connectivity index (χ2v) is 3.98. The molecule has 1 aromatic carbocycles. The number of nitrogens with two attached hydrogens (primary N) is 1. The molecule has 0 unspecified atom stereocenters. The minimum Gasteiger partial charge on any atom is -0.399 e. The number of anilines is 1. The van der Waals surface area contributed by atoms with Crippen molar-refractivity contribution in [3.8, 4) is 17.3 Å². The van der Waals surface area contributed by atoms with E-state index < -0.39 is 0 Å². The monoisotopic (exact) mass is 240 g/mol. The molecule has 0 saturated heterocycles. The molecule has 0 aliphatic rings. The number of nitrogens with zero attached hydrogens (tertiary/aromatic N) is 5. The van der Waals surface area contributed by atoms with Crippen LogP contribution >= 0.6 is 0 Å². The van der Waals surface area contributed by atoms with Crippen LogP contribution in [0.4, 0.5) is 5.69 Å². The molecule has 0 aliphatic carbocycles. The van der Waals surface area contributed by atoms with E-state index in [1.807, 2.05) is 42.1 Å². The molecule has 0 radical (unpaired) electrons. The molecule has 0 amide bonds. The molecule has 2 aromatic heterocycles. The van der Waals surface area contributed by atoms with E-state index in [-0.39, 0.29) is 0 Å². The van der Waals surface area contributed by atoms with Crippen molar-refractivity contribution in [1.29, 1.82) is 0 Å². The summed E-state index contributed by atoms with van der Waals surface area (Å²) in [5.41, 5.74) is 7.33. The van der Waals surface area contributed by atoms with E-state index in [1.165, 1.54) is 0 Å². The topological polar surface area (TPSA) is 74.5 Å². The Balaban J connectivity index is 2.02. The first-order valence-electron chi connectivity index (χ1n) is 5.49. The van der Waals surface area contributed by atoms with Crippen LogP contribution < -0.4 is 5.73 Å². The molecular formula is C12H12N6. The summed E-state index contributed by atoms with van der Waals surface area (Å²) in [5, 5.41) is 4.39. The predicted molar refractivity (Wildman–Crippen MR) is 68.0 cm³/mol. The second-order valence-electron chi connectivity index (χ2n) is 3.98. The molecule has 2 N–H and O–H groups in total. The Labute approximate surface area is 104 Å². The lowest BCUT2D eigenvalue weighted by Crippen LogP contribution is -2.03. The van der Waals surface area contributed by atoms with Crippen LogP contribution in [0.15, 0.2) is 43.0 Å². The van der Waals surface area contributed by atoms with Crippen molar-refractivity contribution in [2.45, 2.75) is 0 Å². The van der Waals surface area contributed by atoms with E-state index in [9.17, 15) is 0 Å². The van der Waals surface area contributed by atoms with Gasteiger partial charge in [0.15, 0.2) is 5.82 Å². The average Bonchev–Trinajstić information content (AvgIpc) is 2.97. The van der Waals surface area contributed by atoms with Gasteiger partial charge in [0.05, 0.1) is 0 Å². The average molecular weight is 240 g/mol. The highest BCUT2D eigenvalue weighted by Crippen LogP contribution is 2.17. The van der Waals surface area contributed by atoms with Crippen LogP contribution in [-0.2, 0) is 7.05 Å². The molecule has 0 saturated carbocycles. The fourth-order valence-electron chi connectivity index (χ4n) is 1.75. The van der Waals surface area contributed by atoms with Crippen molar-refractivity contribution in [2.75, 3.05) is 5.73 Å². The molecule has 3 aromatic rings. The van der Waals surface area contributed by atoms with Crippen LogP contribution in [0.5, 0.6) is 0 Å². The molecule has 90 valence electrons. The van der Waals surface area contributed by atoms with Gasteiger partial charge in [0.2, 0.25) is 5.95 Å². The third-order valence-electron chi connectivity index (χ3n) is 2.64. The highest BCUT2D eigenvalue weighted by atomic mass is 15.4. The van der Waals surface area contributed by atoms with Gasteiger partial charge in [-0.15, -0.1) is 5.10 Å². The van der Waals surface area contributed by atoms with Crippen molar-refractivity contribution in [2.24, 2.45) is 7.05 Å². The third-order valence-corrected chi connectivity index (χ3v) is 2.64. The Kier molecular flexibility index (Phi) is 2.33. The first kappa shape index (κ1) is 10.5. The van der Waals surface area contributed by atoms with Crippen LogP contribution in [0.2, 0.25) is 0 Å². The molecular weight excluding hydrogens is 228 g/mol. The number of benzene rings is 1. The van der Waals surface area contributed by atoms with Gasteiger partial charge in [-0.05, 0) is 12.1 Å². The summed E-state index contributed by atoms with van der Waals surface area (Å²) in [5.74, 6) is 1.35. The summed E-state index contributed by atoms with van der Waals surface area (Å²) >= 11 is 0. The summed E-state index contributed by atoms with van der Waals surface area (Å²) in [6.45, 7) is 0. The molecule has 0 spiro atoms. The summed E-state index contributed by atoms with van der Waals surface area (Å²) in [7, 11) is 1.91. The molecule has 0 aliphatic heterocycles. The lowest BCUT2D eigenvalue weighted by Gasteiger charge is -1.99. The van der Waals surface area contributed by atoms with Gasteiger partial charge in [0, 0.05) is 30.7 Å². The minimum absolute atomic E-state index is 0.630. The Bertz CT molecular complexity index is 681. The van der Waals surface area contributed by atoms with Crippen molar-refractivity contribution in [3.63, 3.8) is 0 Å². The highest BCUT2D eigenvalue weighted by Gasteiger charge is 2.08. The van der Waals surface area contributed by atoms with E-state index in [0.717, 1.165) is 11.5 Å². The van der Waals surface area contributed by atoms with Gasteiger partial charge in [-0.25, -0.2) is 9.97 Å². The zero-order chi connectivity index (χ0) is 12.5. The van der Waals surface area contributed by atoms with Gasteiger partial charge in [-0.2, -0.15) is 4.68 Å². The van der Waals surface area contributed by atoms with Crippen LogP contribution in [0.1, 0.15) is 0 Å². The molecule has 0 atom stereocenters. The Morgan fingerprint density at radius 1 is 1.22 bits per heavy atom. The summed E-state index contributed by atoms with van der Waals surface area (Å²) in [4.78, 5) is 8.48. The minimum atomic E-state index is 0.630. The lowest BCUT2D eigenvalue weighted by molar-refractivity contribution is 0.750. The number of hydrogen-bond acceptors (Lipinski definition) is 4. The number of aryl methyl sites for hydroxylation is 1. The van der Waals surface area contributed by atoms with E-state index in [1.54, 1.807) is 17.2 Å². The number of aromatic nitrogens is 5. The van der Waals surface area contributed by atoms with E-state index in [0.29, 0.717) is 11.5 Å². The second kappa shape index (κ2) is 3.99. The van der Waals surface area contributed by atoms with Gasteiger partial charge in [0.1, 0.15) is 6.33 Å². The smallest absolute Gasteiger partial charge is 0.231 e. The molecule has 3 rings (SSSR count). The third kappa shape index (κ3) is 1.73. The largest absolute Gasteiger partial charge is 0.399 e. The van der Waals surface area contributed by atoms with Crippen LogP contribution in [-0.4, -0.2) is 24.3 Å². The van der Waals surface area contributed by atoms with E-state index in [2.05, 4.69) is 15.1 Å². The van der Waals surface area contributed by atoms with Crippen molar-refractivity contribution in [3.05, 3.63) is 43.0 Å². The van der Waals surface area contributed by atoms with E-state index >= 15 is 0 Å². The Morgan fingerprint density at radius 2 is 2.11 bits per heavy atom. The summed E-state index contributed by atoms with van der Waals surface area (Å²) in [6, 6.07) is 7.48. The van der Waals surface area contributed by atoms with Gasteiger partial charge in [0.25, 0.3) is 0 Å². The molecule has 0 bridgehead atoms. The van der Waals surface area contributed by atoms with E-state index in [4.69, 9.17) is 5.73 Å². The van der Waals surface area contributed by atoms with Gasteiger partial charge in [-0.3, -0.25) is 0 Å². The molecule has 6 heteroatoms. The Morgan fingerprint density at radius 3 is 2.83 bits per heavy atom. The number of hydrogen-bond donors (Lipinski definition) is 1. The van der Waals surface area contributed by atoms with Crippen LogP contribution in [0.25, 0.3) is 17.3 Å². The maximum atomic E-state index is 5.74. The standard InChI is InChI=1S/C12H12N6/c1-17-6-5-14-12(17)18-8-15-11(16-18)9-3-2-4-10(13)7-9/h2-8H,13H2,1H3. The maximum absolute atomic E-state index is 5.74. The molecule has 2 heterocycles. The zero-order valence-electron chi connectivity index (χ0n) is 9.85. The number of rotatable bonds is 2. The van der Waals surface area contributed by atoms with Crippen molar-refractivity contribution >= 4 is 5.69 Å². The SMILES string of the molecule is Cn1ccnc1-n1cnc(-c2cccc(N)c2)n1. The molecule has 18 heavy (non-hydrogen) atoms.